The second-order valence-electron chi connectivity index (χ2n) is 5.28. The number of nitrogens with zero attached hydrogens (tertiary/aromatic N) is 2. The molecular formula is C13H25N3O. The SMILES string of the molecule is CCC(CNC)C(=O)N1CCN2CCCC2C1. The van der Waals surface area contributed by atoms with Crippen LogP contribution in [0.2, 0.25) is 0 Å². The molecule has 0 aliphatic carbocycles. The fourth-order valence-electron chi connectivity index (χ4n) is 3.10. The van der Waals surface area contributed by atoms with Crippen LogP contribution in [0.1, 0.15) is 26.2 Å². The molecule has 0 spiro atoms. The lowest BCUT2D eigenvalue weighted by Crippen LogP contribution is -2.54. The van der Waals surface area contributed by atoms with Crippen molar-refractivity contribution in [3.05, 3.63) is 0 Å². The lowest BCUT2D eigenvalue weighted by molar-refractivity contribution is -0.138. The lowest BCUT2D eigenvalue weighted by atomic mass is 10.0. The molecule has 0 radical (unpaired) electrons. The Balaban J connectivity index is 1.91. The highest BCUT2D eigenvalue weighted by Crippen LogP contribution is 2.22. The molecule has 2 heterocycles. The van der Waals surface area contributed by atoms with Crippen molar-refractivity contribution in [3.63, 3.8) is 0 Å². The largest absolute Gasteiger partial charge is 0.340 e. The lowest BCUT2D eigenvalue weighted by Gasteiger charge is -2.38. The summed E-state index contributed by atoms with van der Waals surface area (Å²) < 4.78 is 0. The second kappa shape index (κ2) is 5.83. The minimum absolute atomic E-state index is 0.160. The van der Waals surface area contributed by atoms with Crippen molar-refractivity contribution >= 4 is 5.91 Å². The summed E-state index contributed by atoms with van der Waals surface area (Å²) in [5.74, 6) is 0.515. The van der Waals surface area contributed by atoms with Gasteiger partial charge < -0.3 is 10.2 Å². The third-order valence-corrected chi connectivity index (χ3v) is 4.19. The van der Waals surface area contributed by atoms with Crippen LogP contribution >= 0.6 is 0 Å². The molecule has 2 aliphatic heterocycles. The Morgan fingerprint density at radius 1 is 1.41 bits per heavy atom. The number of nitrogens with one attached hydrogen (secondary N) is 1. The number of piperazine rings is 1. The number of rotatable bonds is 4. The van der Waals surface area contributed by atoms with E-state index >= 15 is 0 Å². The van der Waals surface area contributed by atoms with Crippen molar-refractivity contribution in [1.29, 1.82) is 0 Å². The Bertz CT molecular complexity index is 269. The molecule has 4 nitrogen and oxygen atoms in total. The van der Waals surface area contributed by atoms with E-state index in [0.717, 1.165) is 32.6 Å². The molecule has 1 N–H and O–H groups in total. The Kier molecular flexibility index (Phi) is 4.40. The van der Waals surface area contributed by atoms with Gasteiger partial charge in [-0.3, -0.25) is 9.69 Å². The number of carbonyl (C=O) groups excluding carboxylic acids is 1. The summed E-state index contributed by atoms with van der Waals surface area (Å²) in [5, 5.41) is 3.13. The first kappa shape index (κ1) is 12.8. The maximum Gasteiger partial charge on any atom is 0.227 e. The Morgan fingerprint density at radius 3 is 2.94 bits per heavy atom. The van der Waals surface area contributed by atoms with Crippen molar-refractivity contribution < 1.29 is 4.79 Å². The third kappa shape index (κ3) is 2.80. The van der Waals surface area contributed by atoms with E-state index in [0.29, 0.717) is 11.9 Å². The van der Waals surface area contributed by atoms with Crippen LogP contribution in [0.15, 0.2) is 0 Å². The zero-order chi connectivity index (χ0) is 12.3. The highest BCUT2D eigenvalue weighted by Gasteiger charge is 2.33. The molecule has 2 fully saturated rings. The van der Waals surface area contributed by atoms with Crippen LogP contribution in [-0.4, -0.2) is 61.5 Å². The summed E-state index contributed by atoms with van der Waals surface area (Å²) in [6, 6.07) is 0.639. The van der Waals surface area contributed by atoms with Gasteiger partial charge in [-0.1, -0.05) is 6.92 Å². The topological polar surface area (TPSA) is 35.6 Å². The first-order chi connectivity index (χ1) is 8.26. The van der Waals surface area contributed by atoms with E-state index < -0.39 is 0 Å². The molecule has 0 aromatic rings. The molecule has 1 amide bonds. The fourth-order valence-corrected chi connectivity index (χ4v) is 3.10. The van der Waals surface area contributed by atoms with Gasteiger partial charge in [-0.05, 0) is 32.9 Å². The molecule has 2 aliphatic rings. The zero-order valence-corrected chi connectivity index (χ0v) is 11.1. The number of fused-ring (bicyclic) bond motifs is 1. The van der Waals surface area contributed by atoms with Gasteiger partial charge in [-0.15, -0.1) is 0 Å². The molecule has 2 rings (SSSR count). The van der Waals surface area contributed by atoms with Gasteiger partial charge in [-0.25, -0.2) is 0 Å². The second-order valence-corrected chi connectivity index (χ2v) is 5.28. The van der Waals surface area contributed by atoms with E-state index in [1.165, 1.54) is 19.4 Å². The molecule has 2 atom stereocenters. The predicted octanol–water partition coefficient (Wildman–Crippen LogP) is 0.539. The van der Waals surface area contributed by atoms with Crippen LogP contribution in [0, 0.1) is 5.92 Å². The summed E-state index contributed by atoms with van der Waals surface area (Å²) in [4.78, 5) is 17.0. The van der Waals surface area contributed by atoms with Gasteiger partial charge in [0.2, 0.25) is 5.91 Å². The molecule has 2 saturated heterocycles. The summed E-state index contributed by atoms with van der Waals surface area (Å²) in [6.45, 7) is 7.10. The minimum Gasteiger partial charge on any atom is -0.340 e. The normalized spacial score (nSPS) is 26.9. The van der Waals surface area contributed by atoms with Gasteiger partial charge in [0, 0.05) is 32.2 Å². The molecule has 4 heteroatoms. The van der Waals surface area contributed by atoms with Gasteiger partial charge in [-0.2, -0.15) is 0 Å². The standard InChI is InChI=1S/C13H25N3O/c1-3-11(9-14-2)13(17)16-8-7-15-6-4-5-12(15)10-16/h11-12,14H,3-10H2,1-2H3. The van der Waals surface area contributed by atoms with E-state index in [-0.39, 0.29) is 5.92 Å². The number of hydrogen-bond donors (Lipinski definition) is 1. The molecule has 17 heavy (non-hydrogen) atoms. The van der Waals surface area contributed by atoms with Crippen molar-refractivity contribution in [2.75, 3.05) is 39.8 Å². The van der Waals surface area contributed by atoms with Gasteiger partial charge in [0.1, 0.15) is 0 Å². The van der Waals surface area contributed by atoms with E-state index in [4.69, 9.17) is 0 Å². The van der Waals surface area contributed by atoms with Crippen LogP contribution in [0.5, 0.6) is 0 Å². The molecule has 98 valence electrons. The summed E-state index contributed by atoms with van der Waals surface area (Å²) >= 11 is 0. The summed E-state index contributed by atoms with van der Waals surface area (Å²) in [6.07, 6.45) is 3.51. The van der Waals surface area contributed by atoms with E-state index in [9.17, 15) is 4.79 Å². The average molecular weight is 239 g/mol. The number of amides is 1. The Hall–Kier alpha value is -0.610. The molecule has 0 aromatic heterocycles. The highest BCUT2D eigenvalue weighted by molar-refractivity contribution is 5.79. The van der Waals surface area contributed by atoms with Crippen molar-refractivity contribution in [1.82, 2.24) is 15.1 Å². The highest BCUT2D eigenvalue weighted by atomic mass is 16.2. The third-order valence-electron chi connectivity index (χ3n) is 4.19. The van der Waals surface area contributed by atoms with Crippen LogP contribution in [-0.2, 0) is 4.79 Å². The minimum atomic E-state index is 0.160. The predicted molar refractivity (Wildman–Crippen MR) is 68.9 cm³/mol. The maximum absolute atomic E-state index is 12.4. The van der Waals surface area contributed by atoms with E-state index in [1.807, 2.05) is 7.05 Å². The van der Waals surface area contributed by atoms with Crippen LogP contribution in [0.3, 0.4) is 0 Å². The van der Waals surface area contributed by atoms with Crippen molar-refractivity contribution in [3.8, 4) is 0 Å². The molecule has 0 bridgehead atoms. The average Bonchev–Trinajstić information content (AvgIpc) is 2.82. The number of hydrogen-bond acceptors (Lipinski definition) is 3. The maximum atomic E-state index is 12.4. The van der Waals surface area contributed by atoms with Crippen molar-refractivity contribution in [2.24, 2.45) is 5.92 Å². The molecule has 2 unspecified atom stereocenters. The van der Waals surface area contributed by atoms with Crippen molar-refractivity contribution in [2.45, 2.75) is 32.2 Å². The van der Waals surface area contributed by atoms with E-state index in [1.54, 1.807) is 0 Å². The zero-order valence-electron chi connectivity index (χ0n) is 11.1. The number of carbonyl (C=O) groups is 1. The Labute approximate surface area is 104 Å². The van der Waals surface area contributed by atoms with Crippen LogP contribution in [0.4, 0.5) is 0 Å². The molecule has 0 saturated carbocycles. The van der Waals surface area contributed by atoms with Crippen LogP contribution in [0.25, 0.3) is 0 Å². The summed E-state index contributed by atoms with van der Waals surface area (Å²) in [7, 11) is 1.92. The first-order valence-corrected chi connectivity index (χ1v) is 6.93. The quantitative estimate of drug-likeness (QED) is 0.778. The Morgan fingerprint density at radius 2 is 2.24 bits per heavy atom. The first-order valence-electron chi connectivity index (χ1n) is 6.93. The van der Waals surface area contributed by atoms with Gasteiger partial charge in [0.05, 0.1) is 5.92 Å². The fraction of sp³-hybridized carbons (Fsp3) is 0.923. The van der Waals surface area contributed by atoms with Gasteiger partial charge >= 0.3 is 0 Å². The molecular weight excluding hydrogens is 214 g/mol. The van der Waals surface area contributed by atoms with E-state index in [2.05, 4.69) is 22.0 Å². The molecule has 0 aromatic carbocycles. The van der Waals surface area contributed by atoms with Crippen LogP contribution < -0.4 is 5.32 Å². The monoisotopic (exact) mass is 239 g/mol. The summed E-state index contributed by atoms with van der Waals surface area (Å²) in [5.41, 5.74) is 0. The smallest absolute Gasteiger partial charge is 0.227 e. The van der Waals surface area contributed by atoms with Gasteiger partial charge in [0.25, 0.3) is 0 Å². The van der Waals surface area contributed by atoms with Gasteiger partial charge in [0.15, 0.2) is 0 Å².